The van der Waals surface area contributed by atoms with Gasteiger partial charge in [-0.25, -0.2) is 4.98 Å². The molecule has 0 unspecified atom stereocenters. The van der Waals surface area contributed by atoms with Crippen LogP contribution in [0.1, 0.15) is 39.3 Å². The zero-order chi connectivity index (χ0) is 19.6. The van der Waals surface area contributed by atoms with E-state index < -0.39 is 5.60 Å². The number of hydrogen-bond acceptors (Lipinski definition) is 4. The Hall–Kier alpha value is -2.50. The van der Waals surface area contributed by atoms with E-state index in [2.05, 4.69) is 4.98 Å². The summed E-state index contributed by atoms with van der Waals surface area (Å²) in [6, 6.07) is 19.8. The van der Waals surface area contributed by atoms with Gasteiger partial charge in [-0.3, -0.25) is 4.79 Å². The van der Waals surface area contributed by atoms with Crippen molar-refractivity contribution in [1.29, 1.82) is 0 Å². The number of thiazole rings is 1. The SMILES string of the molecule is Cc1ncsc1C(=O)N1CCC(C(O)(c2ccccc2)c2ccccc2)CC1. The van der Waals surface area contributed by atoms with Gasteiger partial charge in [0.05, 0.1) is 11.2 Å². The Balaban J connectivity index is 1.58. The maximum Gasteiger partial charge on any atom is 0.265 e. The highest BCUT2D eigenvalue weighted by Crippen LogP contribution is 2.42. The molecule has 4 nitrogen and oxygen atoms in total. The molecule has 0 aliphatic carbocycles. The van der Waals surface area contributed by atoms with Crippen molar-refractivity contribution in [3.63, 3.8) is 0 Å². The maximum absolute atomic E-state index is 12.8. The third-order valence-electron chi connectivity index (χ3n) is 5.74. The molecule has 0 saturated carbocycles. The van der Waals surface area contributed by atoms with Gasteiger partial charge in [0.15, 0.2) is 0 Å². The maximum atomic E-state index is 12.8. The highest BCUT2D eigenvalue weighted by Gasteiger charge is 2.42. The van der Waals surface area contributed by atoms with Crippen LogP contribution in [0.3, 0.4) is 0 Å². The van der Waals surface area contributed by atoms with Gasteiger partial charge in [-0.05, 0) is 36.8 Å². The smallest absolute Gasteiger partial charge is 0.265 e. The number of carbonyl (C=O) groups is 1. The van der Waals surface area contributed by atoms with E-state index in [0.717, 1.165) is 34.5 Å². The van der Waals surface area contributed by atoms with E-state index in [9.17, 15) is 9.90 Å². The average molecular weight is 393 g/mol. The van der Waals surface area contributed by atoms with Gasteiger partial charge >= 0.3 is 0 Å². The first-order valence-electron chi connectivity index (χ1n) is 9.63. The van der Waals surface area contributed by atoms with Crippen LogP contribution in [0, 0.1) is 12.8 Å². The van der Waals surface area contributed by atoms with Crippen LogP contribution >= 0.6 is 11.3 Å². The quantitative estimate of drug-likeness (QED) is 0.723. The zero-order valence-corrected chi connectivity index (χ0v) is 16.7. The molecule has 1 amide bonds. The molecule has 28 heavy (non-hydrogen) atoms. The van der Waals surface area contributed by atoms with Crippen LogP contribution in [-0.4, -0.2) is 34.0 Å². The topological polar surface area (TPSA) is 53.4 Å². The summed E-state index contributed by atoms with van der Waals surface area (Å²) in [5, 5.41) is 11.9. The van der Waals surface area contributed by atoms with Gasteiger partial charge in [0.2, 0.25) is 0 Å². The Labute approximate surface area is 169 Å². The van der Waals surface area contributed by atoms with E-state index in [1.807, 2.05) is 72.5 Å². The Kier molecular flexibility index (Phi) is 5.29. The second-order valence-corrected chi connectivity index (χ2v) is 8.19. The van der Waals surface area contributed by atoms with Crippen LogP contribution < -0.4 is 0 Å². The highest BCUT2D eigenvalue weighted by molar-refractivity contribution is 7.11. The van der Waals surface area contributed by atoms with Crippen molar-refractivity contribution in [3.05, 3.63) is 87.9 Å². The molecule has 0 atom stereocenters. The van der Waals surface area contributed by atoms with Gasteiger partial charge in [-0.15, -0.1) is 11.3 Å². The van der Waals surface area contributed by atoms with E-state index >= 15 is 0 Å². The number of hydrogen-bond donors (Lipinski definition) is 1. The Morgan fingerprint density at radius 2 is 1.57 bits per heavy atom. The number of aliphatic hydroxyl groups is 1. The fourth-order valence-electron chi connectivity index (χ4n) is 4.17. The lowest BCUT2D eigenvalue weighted by molar-refractivity contribution is -0.0122. The molecule has 0 bridgehead atoms. The Morgan fingerprint density at radius 3 is 2.04 bits per heavy atom. The molecule has 144 valence electrons. The molecule has 3 aromatic rings. The van der Waals surface area contributed by atoms with Crippen LogP contribution in [0.5, 0.6) is 0 Å². The predicted octanol–water partition coefficient (Wildman–Crippen LogP) is 4.24. The van der Waals surface area contributed by atoms with Crippen molar-refractivity contribution in [1.82, 2.24) is 9.88 Å². The molecular formula is C23H24N2O2S. The lowest BCUT2D eigenvalue weighted by Crippen LogP contribution is -2.46. The summed E-state index contributed by atoms with van der Waals surface area (Å²) in [6.07, 6.45) is 1.51. The van der Waals surface area contributed by atoms with Crippen LogP contribution in [0.15, 0.2) is 66.2 Å². The number of nitrogens with zero attached hydrogens (tertiary/aromatic N) is 2. The van der Waals surface area contributed by atoms with Crippen molar-refractivity contribution < 1.29 is 9.90 Å². The summed E-state index contributed by atoms with van der Waals surface area (Å²) in [5.41, 5.74) is 3.27. The molecule has 5 heteroatoms. The summed E-state index contributed by atoms with van der Waals surface area (Å²) in [4.78, 5) is 19.6. The molecule has 0 spiro atoms. The van der Waals surface area contributed by atoms with E-state index in [-0.39, 0.29) is 11.8 Å². The van der Waals surface area contributed by atoms with Crippen LogP contribution in [-0.2, 0) is 5.60 Å². The molecule has 2 aromatic carbocycles. The van der Waals surface area contributed by atoms with E-state index in [1.54, 1.807) is 5.51 Å². The zero-order valence-electron chi connectivity index (χ0n) is 15.9. The predicted molar refractivity (Wildman–Crippen MR) is 111 cm³/mol. The number of likely N-dealkylation sites (tertiary alicyclic amines) is 1. The second kappa shape index (κ2) is 7.86. The molecule has 2 heterocycles. The number of aromatic nitrogens is 1. The molecule has 4 rings (SSSR count). The lowest BCUT2D eigenvalue weighted by atomic mass is 9.72. The minimum Gasteiger partial charge on any atom is -0.380 e. The summed E-state index contributed by atoms with van der Waals surface area (Å²) in [5.74, 6) is 0.102. The lowest BCUT2D eigenvalue weighted by Gasteiger charge is -2.42. The minimum atomic E-state index is -1.06. The summed E-state index contributed by atoms with van der Waals surface area (Å²) in [7, 11) is 0. The molecule has 0 radical (unpaired) electrons. The van der Waals surface area contributed by atoms with Crippen LogP contribution in [0.4, 0.5) is 0 Å². The molecule has 1 fully saturated rings. The summed E-state index contributed by atoms with van der Waals surface area (Å²) in [6.45, 7) is 3.16. The Bertz CT molecular complexity index is 892. The van der Waals surface area contributed by atoms with Gasteiger partial charge in [0, 0.05) is 13.1 Å². The first-order valence-corrected chi connectivity index (χ1v) is 10.5. The second-order valence-electron chi connectivity index (χ2n) is 7.33. The number of carbonyl (C=O) groups excluding carboxylic acids is 1. The number of rotatable bonds is 4. The first kappa shape index (κ1) is 18.8. The van der Waals surface area contributed by atoms with Crippen molar-refractivity contribution in [2.75, 3.05) is 13.1 Å². The molecule has 1 aliphatic heterocycles. The largest absolute Gasteiger partial charge is 0.380 e. The third kappa shape index (κ3) is 3.36. The van der Waals surface area contributed by atoms with Gasteiger partial charge in [0.1, 0.15) is 10.5 Å². The molecule has 1 saturated heterocycles. The van der Waals surface area contributed by atoms with Crippen LogP contribution in [0.2, 0.25) is 0 Å². The van der Waals surface area contributed by atoms with Crippen molar-refractivity contribution >= 4 is 17.2 Å². The van der Waals surface area contributed by atoms with Crippen molar-refractivity contribution in [3.8, 4) is 0 Å². The van der Waals surface area contributed by atoms with Gasteiger partial charge in [0.25, 0.3) is 5.91 Å². The van der Waals surface area contributed by atoms with Crippen LogP contribution in [0.25, 0.3) is 0 Å². The van der Waals surface area contributed by atoms with Gasteiger partial charge < -0.3 is 10.0 Å². The molecule has 1 aliphatic rings. The molecular weight excluding hydrogens is 368 g/mol. The fraction of sp³-hybridized carbons (Fsp3) is 0.304. The monoisotopic (exact) mass is 392 g/mol. The van der Waals surface area contributed by atoms with Crippen molar-refractivity contribution in [2.24, 2.45) is 5.92 Å². The summed E-state index contributed by atoms with van der Waals surface area (Å²) < 4.78 is 0. The first-order chi connectivity index (χ1) is 13.6. The number of piperidine rings is 1. The minimum absolute atomic E-state index is 0.0453. The fourth-order valence-corrected chi connectivity index (χ4v) is 4.94. The highest BCUT2D eigenvalue weighted by atomic mass is 32.1. The standard InChI is InChI=1S/C23H24N2O2S/c1-17-21(28-16-24-17)22(26)25-14-12-20(13-15-25)23(27,18-8-4-2-5-9-18)19-10-6-3-7-11-19/h2-11,16,20,27H,12-15H2,1H3. The van der Waals surface area contributed by atoms with Crippen molar-refractivity contribution in [2.45, 2.75) is 25.4 Å². The molecule has 1 N–H and O–H groups in total. The normalized spacial score (nSPS) is 15.6. The van der Waals surface area contributed by atoms with E-state index in [0.29, 0.717) is 13.1 Å². The average Bonchev–Trinajstić information content (AvgIpc) is 3.20. The number of aryl methyl sites for hydroxylation is 1. The number of benzene rings is 2. The van der Waals surface area contributed by atoms with Gasteiger partial charge in [-0.1, -0.05) is 60.7 Å². The van der Waals surface area contributed by atoms with E-state index in [4.69, 9.17) is 0 Å². The summed E-state index contributed by atoms with van der Waals surface area (Å²) >= 11 is 1.40. The Morgan fingerprint density at radius 1 is 1.04 bits per heavy atom. The molecule has 1 aromatic heterocycles. The third-order valence-corrected chi connectivity index (χ3v) is 6.66. The number of amides is 1. The van der Waals surface area contributed by atoms with Gasteiger partial charge in [-0.2, -0.15) is 0 Å². The van der Waals surface area contributed by atoms with E-state index in [1.165, 1.54) is 11.3 Å².